The summed E-state index contributed by atoms with van der Waals surface area (Å²) in [5, 5.41) is 9.77. The van der Waals surface area contributed by atoms with E-state index in [1.807, 2.05) is 24.3 Å². The van der Waals surface area contributed by atoms with Crippen LogP contribution in [0.2, 0.25) is 5.02 Å². The molecule has 130 valence electrons. The Morgan fingerprint density at radius 1 is 1.19 bits per heavy atom. The van der Waals surface area contributed by atoms with E-state index in [-0.39, 0.29) is 16.5 Å². The van der Waals surface area contributed by atoms with Crippen molar-refractivity contribution in [3.8, 4) is 6.07 Å². The number of nitriles is 1. The molecule has 1 atom stereocenters. The highest BCUT2D eigenvalue weighted by atomic mass is 35.5. The second kappa shape index (κ2) is 7.65. The summed E-state index contributed by atoms with van der Waals surface area (Å²) in [5.74, 6) is -1.05. The number of carbonyl (C=O) groups is 2. The number of thioether (sulfide) groups is 1. The van der Waals surface area contributed by atoms with E-state index in [1.165, 1.54) is 16.7 Å². The minimum absolute atomic E-state index is 0.194. The minimum atomic E-state index is -0.851. The number of nitrogens with two attached hydrogens (primary N) is 1. The van der Waals surface area contributed by atoms with Gasteiger partial charge in [-0.25, -0.2) is 0 Å². The molecule has 0 aromatic heterocycles. The van der Waals surface area contributed by atoms with Crippen molar-refractivity contribution in [3.05, 3.63) is 75.8 Å². The molecule has 0 aliphatic carbocycles. The number of amides is 2. The summed E-state index contributed by atoms with van der Waals surface area (Å²) in [6.07, 6.45) is 0.449. The van der Waals surface area contributed by atoms with Crippen LogP contribution in [0.4, 0.5) is 5.69 Å². The number of carbonyl (C=O) groups excluding carboxylic acids is 2. The minimum Gasteiger partial charge on any atom is -0.365 e. The molecule has 2 N–H and O–H groups in total. The molecule has 2 aromatic rings. The van der Waals surface area contributed by atoms with Crippen molar-refractivity contribution in [1.82, 2.24) is 0 Å². The molecule has 1 fully saturated rings. The quantitative estimate of drug-likeness (QED) is 0.648. The summed E-state index contributed by atoms with van der Waals surface area (Å²) in [6.45, 7) is 0. The molecule has 2 aromatic carbocycles. The number of hydrogen-bond acceptors (Lipinski definition) is 4. The number of halogens is 1. The molecule has 1 unspecified atom stereocenters. The van der Waals surface area contributed by atoms with Gasteiger partial charge < -0.3 is 5.73 Å². The van der Waals surface area contributed by atoms with Crippen LogP contribution in [0.5, 0.6) is 0 Å². The lowest BCUT2D eigenvalue weighted by atomic mass is 10.1. The third kappa shape index (κ3) is 3.59. The Morgan fingerprint density at radius 2 is 1.85 bits per heavy atom. The Bertz CT molecular complexity index is 920. The average molecular weight is 384 g/mol. The van der Waals surface area contributed by atoms with Crippen LogP contribution < -0.4 is 10.6 Å². The molecule has 5 nitrogen and oxygen atoms in total. The van der Waals surface area contributed by atoms with Crippen LogP contribution in [0.1, 0.15) is 5.56 Å². The van der Waals surface area contributed by atoms with Crippen LogP contribution >= 0.6 is 23.4 Å². The maximum atomic E-state index is 13.0. The van der Waals surface area contributed by atoms with Crippen molar-refractivity contribution in [3.63, 3.8) is 0 Å². The summed E-state index contributed by atoms with van der Waals surface area (Å²) >= 11 is 7.08. The summed E-state index contributed by atoms with van der Waals surface area (Å²) in [5.41, 5.74) is 6.65. The number of rotatable bonds is 4. The molecule has 1 heterocycles. The molecule has 7 heteroatoms. The lowest BCUT2D eigenvalue weighted by molar-refractivity contribution is -0.117. The number of hydrogen-bond donors (Lipinski definition) is 1. The number of para-hydroxylation sites is 1. The number of nitrogens with zero attached hydrogens (tertiary/aromatic N) is 2. The molecule has 0 bridgehead atoms. The summed E-state index contributed by atoms with van der Waals surface area (Å²) in [7, 11) is 0. The van der Waals surface area contributed by atoms with Gasteiger partial charge >= 0.3 is 0 Å². The van der Waals surface area contributed by atoms with E-state index in [1.54, 1.807) is 36.4 Å². The fraction of sp³-hybridized carbons (Fsp3) is 0.105. The number of primary amides is 1. The smallest absolute Gasteiger partial charge is 0.262 e. The van der Waals surface area contributed by atoms with E-state index in [9.17, 15) is 14.9 Å². The van der Waals surface area contributed by atoms with Crippen molar-refractivity contribution < 1.29 is 9.59 Å². The highest BCUT2D eigenvalue weighted by Crippen LogP contribution is 2.41. The van der Waals surface area contributed by atoms with Crippen LogP contribution in [0.25, 0.3) is 0 Å². The zero-order chi connectivity index (χ0) is 18.7. The third-order valence-corrected chi connectivity index (χ3v) is 5.39. The molecule has 0 radical (unpaired) electrons. The van der Waals surface area contributed by atoms with Gasteiger partial charge in [-0.1, -0.05) is 53.7 Å². The summed E-state index contributed by atoms with van der Waals surface area (Å²) < 4.78 is 0. The molecule has 2 amide bonds. The Balaban J connectivity index is 2.00. The van der Waals surface area contributed by atoms with Crippen LogP contribution in [0.3, 0.4) is 0 Å². The van der Waals surface area contributed by atoms with Gasteiger partial charge in [0.25, 0.3) is 5.91 Å². The van der Waals surface area contributed by atoms with E-state index < -0.39 is 11.2 Å². The van der Waals surface area contributed by atoms with Crippen LogP contribution in [0.15, 0.2) is 65.2 Å². The molecule has 1 aliphatic rings. The van der Waals surface area contributed by atoms with Gasteiger partial charge in [0.1, 0.15) is 16.7 Å². The number of benzene rings is 2. The van der Waals surface area contributed by atoms with E-state index in [2.05, 4.69) is 0 Å². The van der Waals surface area contributed by atoms with Gasteiger partial charge in [-0.3, -0.25) is 14.5 Å². The zero-order valence-electron chi connectivity index (χ0n) is 13.6. The molecule has 26 heavy (non-hydrogen) atoms. The lowest BCUT2D eigenvalue weighted by Crippen LogP contribution is -2.30. The standard InChI is InChI=1S/C19H14ClN3O2S/c20-13-8-6-12(7-9-13)10-16-18(25)23(14-4-2-1-3-5-14)19(26-16)15(11-21)17(22)24/h1-9,16H,10H2,(H2,22,24)/b19-15-. The van der Waals surface area contributed by atoms with Crippen LogP contribution in [0, 0.1) is 11.3 Å². The Morgan fingerprint density at radius 3 is 2.42 bits per heavy atom. The first-order valence-electron chi connectivity index (χ1n) is 7.75. The molecule has 1 aliphatic heterocycles. The van der Waals surface area contributed by atoms with Crippen LogP contribution in [-0.4, -0.2) is 17.1 Å². The van der Waals surface area contributed by atoms with E-state index in [0.29, 0.717) is 17.1 Å². The predicted octanol–water partition coefficient (Wildman–Crippen LogP) is 3.25. The first-order valence-corrected chi connectivity index (χ1v) is 9.01. The Labute approximate surface area is 160 Å². The van der Waals surface area contributed by atoms with Gasteiger partial charge in [0, 0.05) is 10.7 Å². The molecule has 1 saturated heterocycles. The Hall–Kier alpha value is -2.75. The molecular weight excluding hydrogens is 370 g/mol. The largest absolute Gasteiger partial charge is 0.365 e. The zero-order valence-corrected chi connectivity index (χ0v) is 15.1. The summed E-state index contributed by atoms with van der Waals surface area (Å²) in [6, 6.07) is 17.9. The second-order valence-electron chi connectivity index (χ2n) is 5.60. The molecule has 0 spiro atoms. The first-order chi connectivity index (χ1) is 12.5. The highest BCUT2D eigenvalue weighted by molar-refractivity contribution is 8.05. The topological polar surface area (TPSA) is 87.2 Å². The van der Waals surface area contributed by atoms with E-state index >= 15 is 0 Å². The maximum absolute atomic E-state index is 13.0. The molecular formula is C19H14ClN3O2S. The lowest BCUT2D eigenvalue weighted by Gasteiger charge is -2.18. The van der Waals surface area contributed by atoms with E-state index in [4.69, 9.17) is 17.3 Å². The molecule has 3 rings (SSSR count). The normalized spacial score (nSPS) is 18.5. The average Bonchev–Trinajstić information content (AvgIpc) is 2.94. The highest BCUT2D eigenvalue weighted by Gasteiger charge is 2.40. The first kappa shape index (κ1) is 18.1. The fourth-order valence-corrected chi connectivity index (χ4v) is 4.09. The Kier molecular flexibility index (Phi) is 5.31. The van der Waals surface area contributed by atoms with Gasteiger partial charge in [-0.05, 0) is 36.2 Å². The number of anilines is 1. The second-order valence-corrected chi connectivity index (χ2v) is 7.23. The molecule has 0 saturated carbocycles. The van der Waals surface area contributed by atoms with Crippen LogP contribution in [-0.2, 0) is 16.0 Å². The predicted molar refractivity (Wildman–Crippen MR) is 102 cm³/mol. The SMILES string of the molecule is N#C/C(C(N)=O)=C1/SC(Cc2ccc(Cl)cc2)C(=O)N1c1ccccc1. The summed E-state index contributed by atoms with van der Waals surface area (Å²) in [4.78, 5) is 26.1. The van der Waals surface area contributed by atoms with Gasteiger partial charge in [0.15, 0.2) is 0 Å². The van der Waals surface area contributed by atoms with Gasteiger partial charge in [0.2, 0.25) is 5.91 Å². The van der Waals surface area contributed by atoms with Gasteiger partial charge in [0.05, 0.1) is 5.25 Å². The van der Waals surface area contributed by atoms with Gasteiger partial charge in [-0.15, -0.1) is 0 Å². The van der Waals surface area contributed by atoms with Gasteiger partial charge in [-0.2, -0.15) is 5.26 Å². The van der Waals surface area contributed by atoms with Crippen molar-refractivity contribution in [2.75, 3.05) is 4.90 Å². The monoisotopic (exact) mass is 383 g/mol. The maximum Gasteiger partial charge on any atom is 0.262 e. The van der Waals surface area contributed by atoms with E-state index in [0.717, 1.165) is 5.56 Å². The van der Waals surface area contributed by atoms with Crippen molar-refractivity contribution >= 4 is 40.9 Å². The van der Waals surface area contributed by atoms with Crippen molar-refractivity contribution in [2.45, 2.75) is 11.7 Å². The van der Waals surface area contributed by atoms with Crippen molar-refractivity contribution in [1.29, 1.82) is 5.26 Å². The van der Waals surface area contributed by atoms with Crippen molar-refractivity contribution in [2.24, 2.45) is 5.73 Å². The fourth-order valence-electron chi connectivity index (χ4n) is 2.65. The third-order valence-electron chi connectivity index (χ3n) is 3.87.